The number of carboxylic acid groups (broad SMARTS) is 1. The molecule has 0 bridgehead atoms. The number of aromatic nitrogens is 1. The molecule has 3 aliphatic heterocycles. The molecule has 0 spiro atoms. The highest BCUT2D eigenvalue weighted by molar-refractivity contribution is 7.11. The van der Waals surface area contributed by atoms with E-state index in [1.54, 1.807) is 35.4 Å². The number of hydrogen-bond donors (Lipinski definition) is 2. The summed E-state index contributed by atoms with van der Waals surface area (Å²) in [5.74, 6) is -1.55. The number of aliphatic carboxylic acids is 1. The van der Waals surface area contributed by atoms with Gasteiger partial charge >= 0.3 is 18.0 Å². The summed E-state index contributed by atoms with van der Waals surface area (Å²) in [5, 5.41) is 14.9. The SMILES string of the molecule is COC(=O)C1=C(CN2CCN3C(=O)N(c4ccc(CC(=O)O)cc4)C[C@@H]3C2)NC(c2nccs2)=N[C@H]1c1ccc(F)cc1Cl. The maximum absolute atomic E-state index is 14.0. The summed E-state index contributed by atoms with van der Waals surface area (Å²) in [6.45, 7) is 2.37. The number of ether oxygens (including phenoxy) is 1. The number of rotatable bonds is 8. The third kappa shape index (κ3) is 5.90. The van der Waals surface area contributed by atoms with Crippen molar-refractivity contribution in [3.05, 3.63) is 92.3 Å². The van der Waals surface area contributed by atoms with Gasteiger partial charge in [0.1, 0.15) is 11.9 Å². The van der Waals surface area contributed by atoms with Crippen LogP contribution in [-0.4, -0.2) is 89.6 Å². The molecule has 2 N–H and O–H groups in total. The minimum atomic E-state index is -0.915. The lowest BCUT2D eigenvalue weighted by molar-refractivity contribution is -0.137. The van der Waals surface area contributed by atoms with E-state index in [0.29, 0.717) is 66.1 Å². The van der Waals surface area contributed by atoms with E-state index in [2.05, 4.69) is 15.2 Å². The van der Waals surface area contributed by atoms with Gasteiger partial charge < -0.3 is 20.1 Å². The molecule has 11 nitrogen and oxygen atoms in total. The molecule has 1 aromatic heterocycles. The fourth-order valence-electron chi connectivity index (χ4n) is 5.79. The number of methoxy groups -OCH3 is 1. The van der Waals surface area contributed by atoms with Gasteiger partial charge in [0.2, 0.25) is 0 Å². The predicted octanol–water partition coefficient (Wildman–Crippen LogP) is 3.71. The van der Waals surface area contributed by atoms with Crippen molar-refractivity contribution in [3.8, 4) is 0 Å². The third-order valence-electron chi connectivity index (χ3n) is 7.85. The van der Waals surface area contributed by atoms with Crippen LogP contribution in [-0.2, 0) is 20.7 Å². The highest BCUT2D eigenvalue weighted by Gasteiger charge is 2.42. The smallest absolute Gasteiger partial charge is 0.338 e. The molecule has 2 saturated heterocycles. The van der Waals surface area contributed by atoms with Gasteiger partial charge in [0, 0.05) is 66.3 Å². The van der Waals surface area contributed by atoms with Crippen LogP contribution in [0, 0.1) is 5.82 Å². The number of piperazine rings is 1. The quantitative estimate of drug-likeness (QED) is 0.358. The van der Waals surface area contributed by atoms with Crippen molar-refractivity contribution in [2.45, 2.75) is 18.5 Å². The summed E-state index contributed by atoms with van der Waals surface area (Å²) in [7, 11) is 1.29. The number of halogens is 2. The summed E-state index contributed by atoms with van der Waals surface area (Å²) in [6.07, 6.45) is 1.57. The molecule has 2 fully saturated rings. The number of amides is 2. The van der Waals surface area contributed by atoms with Crippen LogP contribution in [0.3, 0.4) is 0 Å². The normalized spacial score (nSPS) is 20.3. The highest BCUT2D eigenvalue weighted by Crippen LogP contribution is 2.37. The van der Waals surface area contributed by atoms with Crippen molar-refractivity contribution >= 4 is 52.4 Å². The number of carbonyl (C=O) groups excluding carboxylic acids is 2. The Balaban J connectivity index is 1.26. The van der Waals surface area contributed by atoms with Crippen molar-refractivity contribution < 1.29 is 28.6 Å². The zero-order chi connectivity index (χ0) is 31.0. The first-order valence-electron chi connectivity index (χ1n) is 13.8. The van der Waals surface area contributed by atoms with E-state index in [1.807, 2.05) is 10.3 Å². The maximum atomic E-state index is 14.0. The predicted molar refractivity (Wildman–Crippen MR) is 162 cm³/mol. The average molecular weight is 639 g/mol. The minimum absolute atomic E-state index is 0.0847. The molecule has 6 rings (SSSR count). The van der Waals surface area contributed by atoms with Gasteiger partial charge in [0.25, 0.3) is 0 Å². The fourth-order valence-corrected chi connectivity index (χ4v) is 6.65. The van der Waals surface area contributed by atoms with Gasteiger partial charge in [-0.2, -0.15) is 0 Å². The van der Waals surface area contributed by atoms with Crippen LogP contribution < -0.4 is 10.2 Å². The summed E-state index contributed by atoms with van der Waals surface area (Å²) in [5.41, 5.74) is 2.64. The lowest BCUT2D eigenvalue weighted by Gasteiger charge is -2.38. The number of anilines is 1. The average Bonchev–Trinajstić information content (AvgIpc) is 3.65. The van der Waals surface area contributed by atoms with E-state index in [0.717, 1.165) is 0 Å². The number of amidine groups is 1. The van der Waals surface area contributed by atoms with E-state index in [4.69, 9.17) is 26.4 Å². The molecule has 4 heterocycles. The summed E-state index contributed by atoms with van der Waals surface area (Å²) < 4.78 is 19.1. The van der Waals surface area contributed by atoms with Crippen LogP contribution in [0.15, 0.2) is 70.3 Å². The number of fused-ring (bicyclic) bond motifs is 1. The van der Waals surface area contributed by atoms with Crippen LogP contribution in [0.1, 0.15) is 22.2 Å². The molecule has 0 saturated carbocycles. The Morgan fingerprint density at radius 2 is 1.98 bits per heavy atom. The monoisotopic (exact) mass is 638 g/mol. The number of carboxylic acids is 1. The Hall–Kier alpha value is -4.33. The largest absolute Gasteiger partial charge is 0.481 e. The van der Waals surface area contributed by atoms with Crippen molar-refractivity contribution in [3.63, 3.8) is 0 Å². The molecule has 44 heavy (non-hydrogen) atoms. The number of carbonyl (C=O) groups is 3. The van der Waals surface area contributed by atoms with Crippen molar-refractivity contribution in [1.82, 2.24) is 20.1 Å². The van der Waals surface area contributed by atoms with E-state index < -0.39 is 23.8 Å². The highest BCUT2D eigenvalue weighted by atomic mass is 35.5. The Kier molecular flexibility index (Phi) is 8.34. The van der Waals surface area contributed by atoms with E-state index in [-0.39, 0.29) is 29.1 Å². The zero-order valence-corrected chi connectivity index (χ0v) is 25.1. The number of benzene rings is 2. The molecule has 2 atom stereocenters. The molecule has 3 aliphatic rings. The second-order valence-corrected chi connectivity index (χ2v) is 11.9. The number of nitrogens with one attached hydrogen (secondary N) is 1. The van der Waals surface area contributed by atoms with E-state index in [9.17, 15) is 18.8 Å². The first-order chi connectivity index (χ1) is 21.2. The van der Waals surface area contributed by atoms with Gasteiger partial charge in [0.15, 0.2) is 10.8 Å². The summed E-state index contributed by atoms with van der Waals surface area (Å²) >= 11 is 7.84. The van der Waals surface area contributed by atoms with Crippen LogP contribution in [0.4, 0.5) is 14.9 Å². The van der Waals surface area contributed by atoms with Gasteiger partial charge in [0.05, 0.1) is 25.1 Å². The first-order valence-corrected chi connectivity index (χ1v) is 15.1. The number of urea groups is 1. The molecule has 2 aromatic carbocycles. The molecular formula is C30H28ClFN6O5S. The molecule has 0 aliphatic carbocycles. The van der Waals surface area contributed by atoms with Crippen LogP contribution >= 0.6 is 22.9 Å². The number of aliphatic imine (C=N–C) groups is 1. The standard InChI is InChI=1S/C30H28ClFN6O5S/c1-43-29(41)25-23(34-27(28-33-8-11-44-28)35-26(25)21-7-4-18(32)13-22(21)31)16-36-9-10-37-20(14-36)15-38(30(37)42)19-5-2-17(3-6-19)12-24(39)40/h2-8,11,13,20,26H,9-10,12,14-16H2,1H3,(H,34,35)(H,39,40)/t20-,26-/m0/s1. The Morgan fingerprint density at radius 1 is 1.18 bits per heavy atom. The number of thiazole rings is 1. The first kappa shape index (κ1) is 29.7. The third-order valence-corrected chi connectivity index (χ3v) is 8.95. The molecule has 3 aromatic rings. The maximum Gasteiger partial charge on any atom is 0.338 e. The zero-order valence-electron chi connectivity index (χ0n) is 23.6. The van der Waals surface area contributed by atoms with Gasteiger partial charge in [-0.25, -0.2) is 19.0 Å². The Morgan fingerprint density at radius 3 is 2.66 bits per heavy atom. The lowest BCUT2D eigenvalue weighted by atomic mass is 9.95. The molecule has 0 unspecified atom stereocenters. The van der Waals surface area contributed by atoms with Crippen molar-refractivity contribution in [1.29, 1.82) is 0 Å². The lowest BCUT2D eigenvalue weighted by Crippen LogP contribution is -2.53. The molecule has 0 radical (unpaired) electrons. The second-order valence-electron chi connectivity index (χ2n) is 10.6. The van der Waals surface area contributed by atoms with Crippen molar-refractivity contribution in [2.75, 3.05) is 44.7 Å². The van der Waals surface area contributed by atoms with Crippen LogP contribution in [0.2, 0.25) is 5.02 Å². The second kappa shape index (κ2) is 12.3. The van der Waals surface area contributed by atoms with Gasteiger partial charge in [-0.15, -0.1) is 11.3 Å². The fraction of sp³-hybridized carbons (Fsp3) is 0.300. The van der Waals surface area contributed by atoms with E-state index >= 15 is 0 Å². The van der Waals surface area contributed by atoms with Crippen LogP contribution in [0.25, 0.3) is 0 Å². The van der Waals surface area contributed by atoms with Crippen LogP contribution in [0.5, 0.6) is 0 Å². The number of nitrogens with zero attached hydrogens (tertiary/aromatic N) is 5. The van der Waals surface area contributed by atoms with E-state index in [1.165, 1.54) is 36.6 Å². The van der Waals surface area contributed by atoms with Gasteiger partial charge in [-0.05, 0) is 29.8 Å². The summed E-state index contributed by atoms with van der Waals surface area (Å²) in [6, 6.07) is 9.90. The Labute approximate surface area is 261 Å². The number of hydrogen-bond acceptors (Lipinski definition) is 9. The minimum Gasteiger partial charge on any atom is -0.481 e. The topological polar surface area (TPSA) is 128 Å². The Bertz CT molecular complexity index is 1660. The molecular weight excluding hydrogens is 611 g/mol. The molecule has 2 amide bonds. The van der Waals surface area contributed by atoms with Crippen molar-refractivity contribution in [2.24, 2.45) is 4.99 Å². The van der Waals surface area contributed by atoms with Gasteiger partial charge in [-0.3, -0.25) is 19.6 Å². The number of esters is 1. The molecule has 228 valence electrons. The van der Waals surface area contributed by atoms with Gasteiger partial charge in [-0.1, -0.05) is 29.8 Å². The summed E-state index contributed by atoms with van der Waals surface area (Å²) in [4.78, 5) is 52.5. The molecule has 14 heteroatoms.